The van der Waals surface area contributed by atoms with E-state index in [2.05, 4.69) is 79.5 Å². The van der Waals surface area contributed by atoms with Crippen molar-refractivity contribution in [1.82, 2.24) is 4.90 Å². The third kappa shape index (κ3) is 6.55. The second-order valence-corrected chi connectivity index (χ2v) is 11.2. The number of hydrogen-bond donors (Lipinski definition) is 1. The van der Waals surface area contributed by atoms with Gasteiger partial charge in [0.2, 0.25) is 5.91 Å². The Labute approximate surface area is 225 Å². The van der Waals surface area contributed by atoms with Crippen LogP contribution in [-0.2, 0) is 21.5 Å². The number of fused-ring (bicyclic) bond motifs is 1. The van der Waals surface area contributed by atoms with Crippen molar-refractivity contribution in [3.05, 3.63) is 89.0 Å². The Morgan fingerprint density at radius 2 is 1.61 bits per heavy atom. The Morgan fingerprint density at radius 3 is 2.34 bits per heavy atom. The van der Waals surface area contributed by atoms with Gasteiger partial charge in [0.1, 0.15) is 13.2 Å². The van der Waals surface area contributed by atoms with Crippen LogP contribution in [0.25, 0.3) is 0 Å². The minimum Gasteiger partial charge on any atom is -0.486 e. The summed E-state index contributed by atoms with van der Waals surface area (Å²) in [4.78, 5) is 15.8. The summed E-state index contributed by atoms with van der Waals surface area (Å²) in [6, 6.07) is 23.0. The number of nitrogens with zero attached hydrogens (tertiary/aromatic N) is 1. The molecule has 6 heteroatoms. The molecule has 1 atom stereocenters. The van der Waals surface area contributed by atoms with Gasteiger partial charge in [-0.05, 0) is 39.8 Å². The number of benzene rings is 3. The predicted octanol–water partition coefficient (Wildman–Crippen LogP) is 5.75. The number of morpholine rings is 1. The van der Waals surface area contributed by atoms with Crippen LogP contribution in [0.15, 0.2) is 66.7 Å². The Hall–Kier alpha value is -3.35. The van der Waals surface area contributed by atoms with Gasteiger partial charge in [0, 0.05) is 43.7 Å². The molecular formula is C32H38N2O4. The average Bonchev–Trinajstić information content (AvgIpc) is 2.92. The topological polar surface area (TPSA) is 60.0 Å². The third-order valence-electron chi connectivity index (χ3n) is 7.26. The molecule has 0 aliphatic carbocycles. The molecule has 6 nitrogen and oxygen atoms in total. The SMILES string of the molecule is CC(C)(C)c1ccc(C(CC(=O)Nc2ccc3c(c2)OCCO3)c2cccc(CN3CCOCC3)c2)cc1. The Kier molecular flexibility index (Phi) is 8.01. The lowest BCUT2D eigenvalue weighted by atomic mass is 9.83. The maximum Gasteiger partial charge on any atom is 0.225 e. The molecule has 5 rings (SSSR count). The largest absolute Gasteiger partial charge is 0.486 e. The predicted molar refractivity (Wildman–Crippen MR) is 150 cm³/mol. The molecule has 0 spiro atoms. The van der Waals surface area contributed by atoms with Gasteiger partial charge in [-0.25, -0.2) is 0 Å². The number of nitrogens with one attached hydrogen (secondary N) is 1. The lowest BCUT2D eigenvalue weighted by molar-refractivity contribution is -0.116. The monoisotopic (exact) mass is 514 g/mol. The van der Waals surface area contributed by atoms with Gasteiger partial charge < -0.3 is 19.5 Å². The van der Waals surface area contributed by atoms with Gasteiger partial charge >= 0.3 is 0 Å². The molecule has 1 fully saturated rings. The quantitative estimate of drug-likeness (QED) is 0.435. The van der Waals surface area contributed by atoms with Crippen LogP contribution in [-0.4, -0.2) is 50.3 Å². The van der Waals surface area contributed by atoms with Crippen LogP contribution in [0.5, 0.6) is 11.5 Å². The lowest BCUT2D eigenvalue weighted by Gasteiger charge is -2.27. The molecule has 0 aromatic heterocycles. The van der Waals surface area contributed by atoms with Crippen LogP contribution in [0.2, 0.25) is 0 Å². The summed E-state index contributed by atoms with van der Waals surface area (Å²) in [6.45, 7) is 12.0. The van der Waals surface area contributed by atoms with Crippen LogP contribution in [0.1, 0.15) is 55.4 Å². The Morgan fingerprint density at radius 1 is 0.868 bits per heavy atom. The fourth-order valence-corrected chi connectivity index (χ4v) is 5.09. The highest BCUT2D eigenvalue weighted by molar-refractivity contribution is 5.92. The molecule has 1 N–H and O–H groups in total. The van der Waals surface area contributed by atoms with E-state index in [1.165, 1.54) is 11.1 Å². The molecule has 0 radical (unpaired) electrons. The zero-order chi connectivity index (χ0) is 26.5. The van der Waals surface area contributed by atoms with Crippen molar-refractivity contribution in [2.75, 3.05) is 44.8 Å². The van der Waals surface area contributed by atoms with E-state index in [1.807, 2.05) is 18.2 Å². The van der Waals surface area contributed by atoms with Crippen molar-refractivity contribution < 1.29 is 19.0 Å². The van der Waals surface area contributed by atoms with Gasteiger partial charge in [-0.1, -0.05) is 69.3 Å². The molecule has 1 unspecified atom stereocenters. The molecule has 3 aromatic carbocycles. The second kappa shape index (κ2) is 11.6. The van der Waals surface area contributed by atoms with Gasteiger partial charge in [0.15, 0.2) is 11.5 Å². The van der Waals surface area contributed by atoms with Gasteiger partial charge in [0.05, 0.1) is 13.2 Å². The highest BCUT2D eigenvalue weighted by Crippen LogP contribution is 2.34. The lowest BCUT2D eigenvalue weighted by Crippen LogP contribution is -2.35. The highest BCUT2D eigenvalue weighted by atomic mass is 16.6. The number of anilines is 1. The van der Waals surface area contributed by atoms with Crippen LogP contribution in [0.4, 0.5) is 5.69 Å². The van der Waals surface area contributed by atoms with E-state index in [1.54, 1.807) is 0 Å². The summed E-state index contributed by atoms with van der Waals surface area (Å²) < 4.78 is 16.8. The van der Waals surface area contributed by atoms with Crippen LogP contribution in [0, 0.1) is 0 Å². The molecule has 2 aliphatic rings. The summed E-state index contributed by atoms with van der Waals surface area (Å²) in [5, 5.41) is 3.08. The van der Waals surface area contributed by atoms with Crippen molar-refractivity contribution in [3.8, 4) is 11.5 Å². The molecule has 0 saturated carbocycles. The fraction of sp³-hybridized carbons (Fsp3) is 0.406. The minimum absolute atomic E-state index is 0.0369. The van der Waals surface area contributed by atoms with E-state index in [-0.39, 0.29) is 17.2 Å². The number of hydrogen-bond acceptors (Lipinski definition) is 5. The van der Waals surface area contributed by atoms with E-state index in [0.717, 1.165) is 44.0 Å². The van der Waals surface area contributed by atoms with E-state index >= 15 is 0 Å². The molecule has 2 aliphatic heterocycles. The molecule has 2 heterocycles. The maximum atomic E-state index is 13.4. The van der Waals surface area contributed by atoms with Crippen molar-refractivity contribution >= 4 is 11.6 Å². The average molecular weight is 515 g/mol. The summed E-state index contributed by atoms with van der Waals surface area (Å²) in [5.41, 5.74) is 5.61. The first-order valence-corrected chi connectivity index (χ1v) is 13.5. The molecule has 200 valence electrons. The summed E-state index contributed by atoms with van der Waals surface area (Å²) in [6.07, 6.45) is 0.338. The first-order chi connectivity index (χ1) is 18.3. The molecular weight excluding hydrogens is 476 g/mol. The maximum absolute atomic E-state index is 13.4. The van der Waals surface area contributed by atoms with Crippen LogP contribution in [0.3, 0.4) is 0 Å². The smallest absolute Gasteiger partial charge is 0.225 e. The molecule has 38 heavy (non-hydrogen) atoms. The van der Waals surface area contributed by atoms with Crippen molar-refractivity contribution in [1.29, 1.82) is 0 Å². The number of rotatable bonds is 7. The zero-order valence-corrected chi connectivity index (χ0v) is 22.7. The fourth-order valence-electron chi connectivity index (χ4n) is 5.09. The zero-order valence-electron chi connectivity index (χ0n) is 22.7. The standard InChI is InChI=1S/C32H38N2O4/c1-32(2,3)26-9-7-24(8-10-26)28(25-6-4-5-23(19-25)22-34-13-15-36-16-14-34)21-31(35)33-27-11-12-29-30(20-27)38-18-17-37-29/h4-12,19-20,28H,13-18,21-22H2,1-3H3,(H,33,35). The second-order valence-electron chi connectivity index (χ2n) is 11.2. The molecule has 1 amide bonds. The van der Waals surface area contributed by atoms with E-state index in [9.17, 15) is 4.79 Å². The van der Waals surface area contributed by atoms with Gasteiger partial charge in [0.25, 0.3) is 0 Å². The van der Waals surface area contributed by atoms with Gasteiger partial charge in [-0.15, -0.1) is 0 Å². The molecule has 3 aromatic rings. The van der Waals surface area contributed by atoms with Gasteiger partial charge in [-0.2, -0.15) is 0 Å². The Balaban J connectivity index is 1.38. The Bertz CT molecular complexity index is 1240. The summed E-state index contributed by atoms with van der Waals surface area (Å²) in [5.74, 6) is 1.28. The number of ether oxygens (including phenoxy) is 3. The van der Waals surface area contributed by atoms with E-state index in [4.69, 9.17) is 14.2 Å². The highest BCUT2D eigenvalue weighted by Gasteiger charge is 2.22. The molecule has 0 bridgehead atoms. The first kappa shape index (κ1) is 26.3. The minimum atomic E-state index is -0.0640. The molecule has 1 saturated heterocycles. The van der Waals surface area contributed by atoms with Crippen molar-refractivity contribution in [3.63, 3.8) is 0 Å². The van der Waals surface area contributed by atoms with E-state index < -0.39 is 0 Å². The third-order valence-corrected chi connectivity index (χ3v) is 7.26. The number of carbonyl (C=O) groups excluding carboxylic acids is 1. The van der Waals surface area contributed by atoms with Gasteiger partial charge in [-0.3, -0.25) is 9.69 Å². The van der Waals surface area contributed by atoms with Crippen molar-refractivity contribution in [2.24, 2.45) is 0 Å². The number of carbonyl (C=O) groups is 1. The van der Waals surface area contributed by atoms with Crippen LogP contribution < -0.4 is 14.8 Å². The summed E-state index contributed by atoms with van der Waals surface area (Å²) >= 11 is 0. The van der Waals surface area contributed by atoms with Crippen molar-refractivity contribution in [2.45, 2.75) is 45.1 Å². The van der Waals surface area contributed by atoms with E-state index in [0.29, 0.717) is 36.8 Å². The number of amides is 1. The first-order valence-electron chi connectivity index (χ1n) is 13.5. The normalized spacial score (nSPS) is 16.6. The summed E-state index contributed by atoms with van der Waals surface area (Å²) in [7, 11) is 0. The van der Waals surface area contributed by atoms with Crippen LogP contribution >= 0.6 is 0 Å².